The topological polar surface area (TPSA) is 68.3 Å². The third-order valence-electron chi connectivity index (χ3n) is 3.88. The van der Waals surface area contributed by atoms with E-state index >= 15 is 0 Å². The van der Waals surface area contributed by atoms with Crippen molar-refractivity contribution < 1.29 is 0 Å². The predicted molar refractivity (Wildman–Crippen MR) is 86.7 cm³/mol. The summed E-state index contributed by atoms with van der Waals surface area (Å²) in [6.45, 7) is 2.54. The van der Waals surface area contributed by atoms with Gasteiger partial charge in [0.1, 0.15) is 5.52 Å². The van der Waals surface area contributed by atoms with Crippen LogP contribution in [0.3, 0.4) is 0 Å². The van der Waals surface area contributed by atoms with E-state index in [0.29, 0.717) is 17.6 Å². The second-order valence-electron chi connectivity index (χ2n) is 5.43. The van der Waals surface area contributed by atoms with Gasteiger partial charge in [-0.2, -0.15) is 5.10 Å². The highest BCUT2D eigenvalue weighted by molar-refractivity contribution is 8.16. The Hall–Kier alpha value is -2.09. The van der Waals surface area contributed by atoms with Gasteiger partial charge in [0.25, 0.3) is 5.56 Å². The van der Waals surface area contributed by atoms with Crippen molar-refractivity contribution in [1.29, 1.82) is 0 Å². The molecule has 0 amide bonds. The van der Waals surface area contributed by atoms with Gasteiger partial charge in [-0.1, -0.05) is 11.8 Å². The Balaban J connectivity index is 1.55. The van der Waals surface area contributed by atoms with Gasteiger partial charge in [-0.3, -0.25) is 19.0 Å². The van der Waals surface area contributed by atoms with Crippen LogP contribution in [0.5, 0.6) is 0 Å². The lowest BCUT2D eigenvalue weighted by atomic mass is 10.2. The number of nitrogens with zero attached hydrogens (tertiary/aromatic N) is 6. The zero-order chi connectivity index (χ0) is 15.1. The molecule has 0 fully saturated rings. The summed E-state index contributed by atoms with van der Waals surface area (Å²) >= 11 is 1.67. The van der Waals surface area contributed by atoms with E-state index in [-0.39, 0.29) is 5.56 Å². The second kappa shape index (κ2) is 5.28. The summed E-state index contributed by atoms with van der Waals surface area (Å²) < 4.78 is 3.26. The molecule has 4 heterocycles. The Morgan fingerprint density at radius 1 is 1.41 bits per heavy atom. The summed E-state index contributed by atoms with van der Waals surface area (Å²) in [6.07, 6.45) is 5.25. The summed E-state index contributed by atoms with van der Waals surface area (Å²) in [4.78, 5) is 23.5. The molecule has 0 aliphatic carbocycles. The van der Waals surface area contributed by atoms with Crippen molar-refractivity contribution in [2.45, 2.75) is 19.4 Å². The summed E-state index contributed by atoms with van der Waals surface area (Å²) in [6, 6.07) is 0. The third-order valence-corrected chi connectivity index (χ3v) is 4.83. The molecular formula is C14H16N6OS. The van der Waals surface area contributed by atoms with Crippen molar-refractivity contribution in [2.24, 2.45) is 12.0 Å². The average molecular weight is 316 g/mol. The SMILES string of the molecule is Cn1cc2ncn(CCC3=CSC4=NCCCN34)c(=O)c2n1. The highest BCUT2D eigenvalue weighted by Gasteiger charge is 2.24. The zero-order valence-corrected chi connectivity index (χ0v) is 13.1. The van der Waals surface area contributed by atoms with Crippen LogP contribution in [0.15, 0.2) is 33.4 Å². The standard InChI is InChI=1S/C14H16N6OS/c1-18-7-11-12(17-18)13(21)19(9-16-11)6-3-10-8-22-14-15-4-2-5-20(10)14/h7-9H,2-6H2,1H3. The predicted octanol–water partition coefficient (Wildman–Crippen LogP) is 1.17. The number of aliphatic imine (C=N–C) groups is 1. The van der Waals surface area contributed by atoms with E-state index < -0.39 is 0 Å². The molecule has 2 aromatic rings. The number of allylic oxidation sites excluding steroid dienone is 1. The maximum Gasteiger partial charge on any atom is 0.281 e. The molecule has 2 aliphatic rings. The van der Waals surface area contributed by atoms with E-state index in [4.69, 9.17) is 0 Å². The van der Waals surface area contributed by atoms with Crippen LogP contribution < -0.4 is 5.56 Å². The normalized spacial score (nSPS) is 17.6. The molecule has 4 rings (SSSR count). The fraction of sp³-hybridized carbons (Fsp3) is 0.429. The van der Waals surface area contributed by atoms with Gasteiger partial charge in [-0.05, 0) is 11.8 Å². The smallest absolute Gasteiger partial charge is 0.281 e. The number of hydrogen-bond donors (Lipinski definition) is 0. The van der Waals surface area contributed by atoms with Crippen LogP contribution in [-0.2, 0) is 13.6 Å². The lowest BCUT2D eigenvalue weighted by molar-refractivity contribution is 0.457. The minimum atomic E-state index is -0.0793. The van der Waals surface area contributed by atoms with Crippen LogP contribution in [0.2, 0.25) is 0 Å². The molecule has 0 saturated heterocycles. The summed E-state index contributed by atoms with van der Waals surface area (Å²) in [5, 5.41) is 7.42. The maximum atomic E-state index is 12.4. The number of aryl methyl sites for hydroxylation is 2. The summed E-state index contributed by atoms with van der Waals surface area (Å²) in [5.74, 6) is 0. The second-order valence-corrected chi connectivity index (χ2v) is 6.26. The molecule has 114 valence electrons. The van der Waals surface area contributed by atoms with Crippen molar-refractivity contribution in [3.05, 3.63) is 34.0 Å². The minimum Gasteiger partial charge on any atom is -0.324 e. The van der Waals surface area contributed by atoms with Crippen molar-refractivity contribution in [3.8, 4) is 0 Å². The molecule has 22 heavy (non-hydrogen) atoms. The molecular weight excluding hydrogens is 300 g/mol. The quantitative estimate of drug-likeness (QED) is 0.850. The lowest BCUT2D eigenvalue weighted by Gasteiger charge is -2.25. The van der Waals surface area contributed by atoms with Crippen LogP contribution in [0, 0.1) is 0 Å². The number of hydrogen-bond acceptors (Lipinski definition) is 6. The Kier molecular flexibility index (Phi) is 3.25. The van der Waals surface area contributed by atoms with Crippen molar-refractivity contribution in [1.82, 2.24) is 24.2 Å². The number of aromatic nitrogens is 4. The van der Waals surface area contributed by atoms with Gasteiger partial charge in [-0.25, -0.2) is 4.98 Å². The van der Waals surface area contributed by atoms with Crippen LogP contribution in [0.4, 0.5) is 0 Å². The largest absolute Gasteiger partial charge is 0.324 e. The Labute approximate surface area is 131 Å². The van der Waals surface area contributed by atoms with Gasteiger partial charge >= 0.3 is 0 Å². The highest BCUT2D eigenvalue weighted by Crippen LogP contribution is 2.30. The van der Waals surface area contributed by atoms with Gasteiger partial charge in [0.15, 0.2) is 10.7 Å². The molecule has 0 N–H and O–H groups in total. The molecule has 8 heteroatoms. The number of fused-ring (bicyclic) bond motifs is 2. The van der Waals surface area contributed by atoms with Gasteiger partial charge in [0.2, 0.25) is 0 Å². The van der Waals surface area contributed by atoms with E-state index in [9.17, 15) is 4.79 Å². The molecule has 0 radical (unpaired) electrons. The van der Waals surface area contributed by atoms with E-state index in [1.165, 1.54) is 5.70 Å². The Morgan fingerprint density at radius 2 is 2.32 bits per heavy atom. The molecule has 0 unspecified atom stereocenters. The number of thioether (sulfide) groups is 1. The minimum absolute atomic E-state index is 0.0793. The third kappa shape index (κ3) is 2.23. The number of amidine groups is 1. The van der Waals surface area contributed by atoms with Gasteiger partial charge < -0.3 is 4.90 Å². The van der Waals surface area contributed by atoms with Gasteiger partial charge in [-0.15, -0.1) is 0 Å². The van der Waals surface area contributed by atoms with Crippen molar-refractivity contribution >= 4 is 28.0 Å². The first-order valence-corrected chi connectivity index (χ1v) is 8.17. The molecule has 0 saturated carbocycles. The van der Waals surface area contributed by atoms with E-state index in [1.807, 2.05) is 0 Å². The first-order valence-electron chi connectivity index (χ1n) is 7.29. The Morgan fingerprint density at radius 3 is 3.23 bits per heavy atom. The fourth-order valence-electron chi connectivity index (χ4n) is 2.77. The van der Waals surface area contributed by atoms with Crippen LogP contribution in [0.1, 0.15) is 12.8 Å². The van der Waals surface area contributed by atoms with Crippen LogP contribution in [0.25, 0.3) is 11.0 Å². The van der Waals surface area contributed by atoms with Crippen molar-refractivity contribution in [3.63, 3.8) is 0 Å². The molecule has 0 spiro atoms. The summed E-state index contributed by atoms with van der Waals surface area (Å²) in [5.41, 5.74) is 2.23. The molecule has 0 atom stereocenters. The monoisotopic (exact) mass is 316 g/mol. The van der Waals surface area contributed by atoms with E-state index in [2.05, 4.69) is 25.4 Å². The molecule has 2 aromatic heterocycles. The highest BCUT2D eigenvalue weighted by atomic mass is 32.2. The maximum absolute atomic E-state index is 12.4. The fourth-order valence-corrected chi connectivity index (χ4v) is 3.76. The van der Waals surface area contributed by atoms with Crippen molar-refractivity contribution in [2.75, 3.05) is 13.1 Å². The first kappa shape index (κ1) is 13.6. The van der Waals surface area contributed by atoms with Crippen LogP contribution >= 0.6 is 11.8 Å². The zero-order valence-electron chi connectivity index (χ0n) is 12.3. The lowest BCUT2D eigenvalue weighted by Crippen LogP contribution is -2.30. The van der Waals surface area contributed by atoms with Gasteiger partial charge in [0, 0.05) is 38.8 Å². The average Bonchev–Trinajstić information content (AvgIpc) is 3.10. The Bertz CT molecular complexity index is 849. The van der Waals surface area contributed by atoms with E-state index in [1.54, 1.807) is 40.6 Å². The summed E-state index contributed by atoms with van der Waals surface area (Å²) in [7, 11) is 1.79. The number of rotatable bonds is 3. The molecule has 7 nitrogen and oxygen atoms in total. The molecule has 2 aliphatic heterocycles. The molecule has 0 aromatic carbocycles. The van der Waals surface area contributed by atoms with Crippen LogP contribution in [-0.4, -0.2) is 42.5 Å². The first-order chi connectivity index (χ1) is 10.7. The van der Waals surface area contributed by atoms with E-state index in [0.717, 1.165) is 31.1 Å². The molecule has 0 bridgehead atoms. The van der Waals surface area contributed by atoms with Gasteiger partial charge in [0.05, 0.1) is 12.5 Å².